The fourth-order valence-corrected chi connectivity index (χ4v) is 1.79. The van der Waals surface area contributed by atoms with E-state index in [4.69, 9.17) is 0 Å². The first-order valence-electron chi connectivity index (χ1n) is 5.99. The Morgan fingerprint density at radius 2 is 1.89 bits per heavy atom. The number of hydrogen-bond acceptors (Lipinski definition) is 2. The number of imidazole rings is 1. The monoisotopic (exact) mass is 269 g/mol. The van der Waals surface area contributed by atoms with Crippen molar-refractivity contribution in [2.24, 2.45) is 0 Å². The third-order valence-corrected chi connectivity index (χ3v) is 2.72. The van der Waals surface area contributed by atoms with Crippen molar-refractivity contribution in [2.45, 2.75) is 26.4 Å². The van der Waals surface area contributed by atoms with E-state index in [9.17, 15) is 13.2 Å². The second-order valence-electron chi connectivity index (χ2n) is 4.19. The summed E-state index contributed by atoms with van der Waals surface area (Å²) in [7, 11) is 0. The van der Waals surface area contributed by atoms with E-state index in [0.717, 1.165) is 30.8 Å². The molecule has 19 heavy (non-hydrogen) atoms. The largest absolute Gasteiger partial charge is 0.379 e. The third kappa shape index (κ3) is 3.07. The van der Waals surface area contributed by atoms with E-state index in [1.54, 1.807) is 12.5 Å². The fraction of sp³-hybridized carbons (Fsp3) is 0.308. The topological polar surface area (TPSA) is 29.9 Å². The summed E-state index contributed by atoms with van der Waals surface area (Å²) in [6.45, 7) is 3.23. The summed E-state index contributed by atoms with van der Waals surface area (Å²) in [6, 6.07) is 1.86. The van der Waals surface area contributed by atoms with Crippen molar-refractivity contribution in [3.05, 3.63) is 47.8 Å². The van der Waals surface area contributed by atoms with Gasteiger partial charge in [-0.15, -0.1) is 0 Å². The standard InChI is InChI=1S/C13H14F3N3/c1-2-3-19-8-17-6-10(19)7-18-9-4-11(14)13(16)12(15)5-9/h4-6,8,18H,2-3,7H2,1H3. The maximum absolute atomic E-state index is 13.0. The van der Waals surface area contributed by atoms with Crippen LogP contribution in [-0.2, 0) is 13.1 Å². The smallest absolute Gasteiger partial charge is 0.194 e. The minimum Gasteiger partial charge on any atom is -0.379 e. The van der Waals surface area contributed by atoms with Gasteiger partial charge < -0.3 is 9.88 Å². The number of nitrogens with zero attached hydrogens (tertiary/aromatic N) is 2. The molecule has 0 aliphatic carbocycles. The summed E-state index contributed by atoms with van der Waals surface area (Å²) in [5.41, 5.74) is 1.09. The van der Waals surface area contributed by atoms with Crippen molar-refractivity contribution >= 4 is 5.69 Å². The van der Waals surface area contributed by atoms with E-state index in [-0.39, 0.29) is 5.69 Å². The number of aryl methyl sites for hydroxylation is 1. The van der Waals surface area contributed by atoms with Gasteiger partial charge >= 0.3 is 0 Å². The molecule has 1 aromatic heterocycles. The first kappa shape index (κ1) is 13.5. The van der Waals surface area contributed by atoms with Gasteiger partial charge in [0.15, 0.2) is 17.5 Å². The highest BCUT2D eigenvalue weighted by Crippen LogP contribution is 2.18. The Bertz CT molecular complexity index is 543. The molecule has 0 saturated heterocycles. The van der Waals surface area contributed by atoms with Crippen LogP contribution in [0.25, 0.3) is 0 Å². The third-order valence-electron chi connectivity index (χ3n) is 2.72. The molecule has 0 unspecified atom stereocenters. The molecule has 0 aliphatic rings. The molecule has 1 N–H and O–H groups in total. The van der Waals surface area contributed by atoms with E-state index < -0.39 is 17.5 Å². The second-order valence-corrected chi connectivity index (χ2v) is 4.19. The van der Waals surface area contributed by atoms with Crippen LogP contribution in [0.3, 0.4) is 0 Å². The molecule has 0 aliphatic heterocycles. The second kappa shape index (κ2) is 5.77. The predicted octanol–water partition coefficient (Wildman–Crippen LogP) is 3.32. The van der Waals surface area contributed by atoms with Crippen LogP contribution >= 0.6 is 0 Å². The zero-order chi connectivity index (χ0) is 13.8. The zero-order valence-electron chi connectivity index (χ0n) is 10.5. The van der Waals surface area contributed by atoms with Crippen molar-refractivity contribution in [1.29, 1.82) is 0 Å². The van der Waals surface area contributed by atoms with Gasteiger partial charge in [-0.3, -0.25) is 0 Å². The van der Waals surface area contributed by atoms with Gasteiger partial charge in [-0.25, -0.2) is 18.2 Å². The lowest BCUT2D eigenvalue weighted by Gasteiger charge is -2.09. The SMILES string of the molecule is CCCn1cncc1CNc1cc(F)c(F)c(F)c1. The Morgan fingerprint density at radius 1 is 1.21 bits per heavy atom. The molecule has 2 rings (SSSR count). The van der Waals surface area contributed by atoms with E-state index in [1.165, 1.54) is 0 Å². The molecule has 0 fully saturated rings. The number of hydrogen-bond donors (Lipinski definition) is 1. The summed E-state index contributed by atoms with van der Waals surface area (Å²) < 4.78 is 40.8. The van der Waals surface area contributed by atoms with Gasteiger partial charge in [0.05, 0.1) is 18.6 Å². The van der Waals surface area contributed by atoms with Gasteiger partial charge in [-0.05, 0) is 6.42 Å². The molecule has 102 valence electrons. The Kier molecular flexibility index (Phi) is 4.09. The average molecular weight is 269 g/mol. The summed E-state index contributed by atoms with van der Waals surface area (Å²) >= 11 is 0. The number of benzene rings is 1. The molecular formula is C13H14F3N3. The number of rotatable bonds is 5. The average Bonchev–Trinajstić information content (AvgIpc) is 2.81. The summed E-state index contributed by atoms with van der Waals surface area (Å²) in [5, 5.41) is 2.85. The number of nitrogens with one attached hydrogen (secondary N) is 1. The highest BCUT2D eigenvalue weighted by molar-refractivity contribution is 5.44. The van der Waals surface area contributed by atoms with Crippen LogP contribution in [0.5, 0.6) is 0 Å². The number of aromatic nitrogens is 2. The highest BCUT2D eigenvalue weighted by Gasteiger charge is 2.10. The first-order valence-corrected chi connectivity index (χ1v) is 5.99. The summed E-state index contributed by atoms with van der Waals surface area (Å²) in [4.78, 5) is 4.02. The molecule has 6 heteroatoms. The Hall–Kier alpha value is -1.98. The lowest BCUT2D eigenvalue weighted by molar-refractivity contribution is 0.447. The first-order chi connectivity index (χ1) is 9.11. The number of halogens is 3. The normalized spacial score (nSPS) is 10.7. The van der Waals surface area contributed by atoms with Crippen LogP contribution in [0, 0.1) is 17.5 Å². The van der Waals surface area contributed by atoms with Crippen molar-refractivity contribution < 1.29 is 13.2 Å². The predicted molar refractivity (Wildman–Crippen MR) is 66.2 cm³/mol. The van der Waals surface area contributed by atoms with Crippen molar-refractivity contribution in [3.63, 3.8) is 0 Å². The van der Waals surface area contributed by atoms with E-state index in [2.05, 4.69) is 10.3 Å². The quantitative estimate of drug-likeness (QED) is 0.844. The Morgan fingerprint density at radius 3 is 2.53 bits per heavy atom. The molecule has 0 atom stereocenters. The minimum atomic E-state index is -1.46. The summed E-state index contributed by atoms with van der Waals surface area (Å²) in [5.74, 6) is -3.87. The minimum absolute atomic E-state index is 0.195. The molecule has 3 nitrogen and oxygen atoms in total. The molecule has 0 spiro atoms. The van der Waals surface area contributed by atoms with Crippen molar-refractivity contribution in [1.82, 2.24) is 9.55 Å². The molecule has 1 heterocycles. The van der Waals surface area contributed by atoms with Crippen LogP contribution in [0.4, 0.5) is 18.9 Å². The van der Waals surface area contributed by atoms with E-state index in [0.29, 0.717) is 6.54 Å². The van der Waals surface area contributed by atoms with Gasteiger partial charge in [0.1, 0.15) is 0 Å². The molecule has 0 bridgehead atoms. The molecule has 0 amide bonds. The maximum atomic E-state index is 13.0. The lowest BCUT2D eigenvalue weighted by Crippen LogP contribution is -2.07. The molecule has 1 aromatic carbocycles. The molecule has 0 saturated carbocycles. The van der Waals surface area contributed by atoms with E-state index in [1.807, 2.05) is 11.5 Å². The highest BCUT2D eigenvalue weighted by atomic mass is 19.2. The van der Waals surface area contributed by atoms with Gasteiger partial charge in [0.2, 0.25) is 0 Å². The van der Waals surface area contributed by atoms with Crippen LogP contribution in [-0.4, -0.2) is 9.55 Å². The van der Waals surface area contributed by atoms with Gasteiger partial charge in [-0.2, -0.15) is 0 Å². The van der Waals surface area contributed by atoms with Gasteiger partial charge in [-0.1, -0.05) is 6.92 Å². The Balaban J connectivity index is 2.08. The van der Waals surface area contributed by atoms with Crippen molar-refractivity contribution in [3.8, 4) is 0 Å². The van der Waals surface area contributed by atoms with Crippen LogP contribution in [0.1, 0.15) is 19.0 Å². The van der Waals surface area contributed by atoms with E-state index >= 15 is 0 Å². The number of anilines is 1. The van der Waals surface area contributed by atoms with Crippen LogP contribution in [0.15, 0.2) is 24.7 Å². The van der Waals surface area contributed by atoms with Gasteiger partial charge in [0.25, 0.3) is 0 Å². The van der Waals surface area contributed by atoms with Crippen molar-refractivity contribution in [2.75, 3.05) is 5.32 Å². The Labute approximate surface area is 109 Å². The summed E-state index contributed by atoms with van der Waals surface area (Å²) in [6.07, 6.45) is 4.34. The molecule has 0 radical (unpaired) electrons. The van der Waals surface area contributed by atoms with Gasteiger partial charge in [0, 0.05) is 30.6 Å². The lowest BCUT2D eigenvalue weighted by atomic mass is 10.2. The fourth-order valence-electron chi connectivity index (χ4n) is 1.79. The molecular weight excluding hydrogens is 255 g/mol. The van der Waals surface area contributed by atoms with Crippen LogP contribution in [0.2, 0.25) is 0 Å². The van der Waals surface area contributed by atoms with Crippen LogP contribution < -0.4 is 5.32 Å². The molecule has 2 aromatic rings. The zero-order valence-corrected chi connectivity index (χ0v) is 10.5. The maximum Gasteiger partial charge on any atom is 0.194 e.